The van der Waals surface area contributed by atoms with E-state index in [2.05, 4.69) is 24.8 Å². The molecule has 1 aliphatic carbocycles. The molecular weight excluding hydrogens is 386 g/mol. The third kappa shape index (κ3) is 5.21. The van der Waals surface area contributed by atoms with Crippen LogP contribution in [0.15, 0.2) is 12.1 Å². The predicted octanol–water partition coefficient (Wildman–Crippen LogP) is 5.10. The van der Waals surface area contributed by atoms with Gasteiger partial charge in [0.25, 0.3) is 5.91 Å². The molecule has 0 unspecified atom stereocenters. The van der Waals surface area contributed by atoms with E-state index in [1.54, 1.807) is 0 Å². The van der Waals surface area contributed by atoms with Crippen LogP contribution in [-0.4, -0.2) is 51.6 Å². The van der Waals surface area contributed by atoms with Crippen molar-refractivity contribution in [3.05, 3.63) is 23.5 Å². The van der Waals surface area contributed by atoms with Crippen LogP contribution < -0.4 is 4.90 Å². The van der Waals surface area contributed by atoms with Crippen molar-refractivity contribution in [2.24, 2.45) is 5.92 Å². The number of amides is 1. The summed E-state index contributed by atoms with van der Waals surface area (Å²) in [5.74, 6) is 1.87. The fraction of sp³-hybridized carbons (Fsp3) is 0.720. The molecule has 6 heteroatoms. The van der Waals surface area contributed by atoms with Gasteiger partial charge in [-0.05, 0) is 38.5 Å². The highest BCUT2D eigenvalue weighted by atomic mass is 16.2. The summed E-state index contributed by atoms with van der Waals surface area (Å²) in [4.78, 5) is 22.5. The van der Waals surface area contributed by atoms with Gasteiger partial charge in [-0.3, -0.25) is 4.79 Å². The number of carbonyl (C=O) groups is 1. The van der Waals surface area contributed by atoms with Crippen LogP contribution in [0.5, 0.6) is 0 Å². The largest absolute Gasteiger partial charge is 0.357 e. The van der Waals surface area contributed by atoms with Crippen molar-refractivity contribution in [1.29, 1.82) is 0 Å². The second kappa shape index (κ2) is 10.5. The summed E-state index contributed by atoms with van der Waals surface area (Å²) in [6.45, 7) is 7.99. The average Bonchev–Trinajstić information content (AvgIpc) is 3.03. The van der Waals surface area contributed by atoms with Crippen LogP contribution in [0.3, 0.4) is 0 Å². The third-order valence-corrected chi connectivity index (χ3v) is 7.00. The molecule has 170 valence electrons. The van der Waals surface area contributed by atoms with Crippen LogP contribution in [0.1, 0.15) is 94.2 Å². The Morgan fingerprint density at radius 3 is 2.42 bits per heavy atom. The average molecular weight is 426 g/mol. The molecule has 0 spiro atoms. The summed E-state index contributed by atoms with van der Waals surface area (Å²) in [7, 11) is 0. The molecule has 31 heavy (non-hydrogen) atoms. The molecule has 4 rings (SSSR count). The van der Waals surface area contributed by atoms with E-state index in [1.165, 1.54) is 44.9 Å². The normalized spacial score (nSPS) is 18.3. The van der Waals surface area contributed by atoms with Gasteiger partial charge in [0, 0.05) is 44.0 Å². The smallest absolute Gasteiger partial charge is 0.274 e. The molecule has 1 saturated heterocycles. The summed E-state index contributed by atoms with van der Waals surface area (Å²) in [6.07, 6.45) is 13.4. The Morgan fingerprint density at radius 1 is 1.03 bits per heavy atom. The maximum atomic E-state index is 13.2. The van der Waals surface area contributed by atoms with E-state index in [0.29, 0.717) is 5.69 Å². The first-order chi connectivity index (χ1) is 15.2. The van der Waals surface area contributed by atoms with Crippen molar-refractivity contribution in [1.82, 2.24) is 19.5 Å². The Bertz CT molecular complexity index is 862. The SMILES string of the molecule is CCCN(CC)c1cc(CC2CCCCC2)nc2cc(C(=O)N3CCCCCC3)nn12. The molecule has 2 aromatic heterocycles. The molecule has 0 bridgehead atoms. The first kappa shape index (κ1) is 22.1. The Kier molecular flexibility index (Phi) is 7.46. The predicted molar refractivity (Wildman–Crippen MR) is 126 cm³/mol. The van der Waals surface area contributed by atoms with Crippen LogP contribution in [0.2, 0.25) is 0 Å². The summed E-state index contributed by atoms with van der Waals surface area (Å²) < 4.78 is 1.91. The molecule has 0 aromatic carbocycles. The van der Waals surface area contributed by atoms with Crippen molar-refractivity contribution in [2.75, 3.05) is 31.1 Å². The standard InChI is InChI=1S/C25H39N5O/c1-3-14-28(4-2)24-18-21(17-20-12-8-7-9-13-20)26-23-19-22(27-30(23)24)25(31)29-15-10-5-6-11-16-29/h18-20H,3-17H2,1-2H3. The lowest BCUT2D eigenvalue weighted by molar-refractivity contribution is 0.0755. The molecule has 2 fully saturated rings. The Labute approximate surface area is 187 Å². The van der Waals surface area contributed by atoms with Crippen molar-refractivity contribution >= 4 is 17.4 Å². The number of hydrogen-bond donors (Lipinski definition) is 0. The molecule has 3 heterocycles. The van der Waals surface area contributed by atoms with Gasteiger partial charge in [-0.1, -0.05) is 51.9 Å². The summed E-state index contributed by atoms with van der Waals surface area (Å²) in [5.41, 5.74) is 2.51. The van der Waals surface area contributed by atoms with Gasteiger partial charge >= 0.3 is 0 Å². The maximum Gasteiger partial charge on any atom is 0.274 e. The monoisotopic (exact) mass is 425 g/mol. The van der Waals surface area contributed by atoms with Crippen LogP contribution in [0.4, 0.5) is 5.82 Å². The fourth-order valence-electron chi connectivity index (χ4n) is 5.27. The van der Waals surface area contributed by atoms with Crippen LogP contribution in [-0.2, 0) is 6.42 Å². The van der Waals surface area contributed by atoms with Gasteiger partial charge in [0.1, 0.15) is 5.82 Å². The van der Waals surface area contributed by atoms with E-state index in [4.69, 9.17) is 10.1 Å². The molecule has 0 N–H and O–H groups in total. The van der Waals surface area contributed by atoms with E-state index in [9.17, 15) is 4.79 Å². The van der Waals surface area contributed by atoms with Crippen LogP contribution in [0.25, 0.3) is 5.65 Å². The number of aromatic nitrogens is 3. The highest BCUT2D eigenvalue weighted by molar-refractivity contribution is 5.93. The highest BCUT2D eigenvalue weighted by Crippen LogP contribution is 2.28. The van der Waals surface area contributed by atoms with Crippen molar-refractivity contribution in [2.45, 2.75) is 84.5 Å². The zero-order chi connectivity index (χ0) is 21.6. The molecular formula is C25H39N5O. The maximum absolute atomic E-state index is 13.2. The van der Waals surface area contributed by atoms with Crippen LogP contribution in [0, 0.1) is 5.92 Å². The van der Waals surface area contributed by atoms with Crippen LogP contribution >= 0.6 is 0 Å². The Hall–Kier alpha value is -2.11. The molecule has 1 saturated carbocycles. The fourth-order valence-corrected chi connectivity index (χ4v) is 5.27. The molecule has 2 aliphatic rings. The second-order valence-corrected chi connectivity index (χ2v) is 9.40. The summed E-state index contributed by atoms with van der Waals surface area (Å²) in [5, 5.41) is 4.78. The highest BCUT2D eigenvalue weighted by Gasteiger charge is 2.23. The zero-order valence-corrected chi connectivity index (χ0v) is 19.5. The number of fused-ring (bicyclic) bond motifs is 1. The molecule has 0 atom stereocenters. The molecule has 1 amide bonds. The quantitative estimate of drug-likeness (QED) is 0.619. The molecule has 1 aliphatic heterocycles. The Balaban J connectivity index is 1.67. The van der Waals surface area contributed by atoms with Crippen molar-refractivity contribution in [3.63, 3.8) is 0 Å². The number of nitrogens with zero attached hydrogens (tertiary/aromatic N) is 5. The number of carbonyl (C=O) groups excluding carboxylic acids is 1. The van der Waals surface area contributed by atoms with E-state index < -0.39 is 0 Å². The zero-order valence-electron chi connectivity index (χ0n) is 19.5. The third-order valence-electron chi connectivity index (χ3n) is 7.00. The van der Waals surface area contributed by atoms with Gasteiger partial charge in [0.05, 0.1) is 0 Å². The van der Waals surface area contributed by atoms with E-state index in [1.807, 2.05) is 15.5 Å². The summed E-state index contributed by atoms with van der Waals surface area (Å²) >= 11 is 0. The molecule has 0 radical (unpaired) electrons. The first-order valence-corrected chi connectivity index (χ1v) is 12.6. The number of hydrogen-bond acceptors (Lipinski definition) is 4. The number of rotatable bonds is 7. The van der Waals surface area contributed by atoms with Crippen molar-refractivity contribution in [3.8, 4) is 0 Å². The Morgan fingerprint density at radius 2 is 1.74 bits per heavy atom. The lowest BCUT2D eigenvalue weighted by atomic mass is 9.86. The molecule has 6 nitrogen and oxygen atoms in total. The van der Waals surface area contributed by atoms with Crippen molar-refractivity contribution < 1.29 is 4.79 Å². The number of anilines is 1. The van der Waals surface area contributed by atoms with Gasteiger partial charge in [0.2, 0.25) is 0 Å². The summed E-state index contributed by atoms with van der Waals surface area (Å²) in [6, 6.07) is 4.15. The van der Waals surface area contributed by atoms with E-state index >= 15 is 0 Å². The van der Waals surface area contributed by atoms with Gasteiger partial charge in [-0.25, -0.2) is 4.98 Å². The van der Waals surface area contributed by atoms with E-state index in [0.717, 1.165) is 74.9 Å². The minimum Gasteiger partial charge on any atom is -0.357 e. The van der Waals surface area contributed by atoms with Gasteiger partial charge in [-0.15, -0.1) is 0 Å². The minimum atomic E-state index is 0.0609. The van der Waals surface area contributed by atoms with Gasteiger partial charge in [0.15, 0.2) is 11.3 Å². The minimum absolute atomic E-state index is 0.0609. The lowest BCUT2D eigenvalue weighted by Gasteiger charge is -2.25. The topological polar surface area (TPSA) is 53.7 Å². The first-order valence-electron chi connectivity index (χ1n) is 12.6. The lowest BCUT2D eigenvalue weighted by Crippen LogP contribution is -2.32. The second-order valence-electron chi connectivity index (χ2n) is 9.40. The number of likely N-dealkylation sites (tertiary alicyclic amines) is 1. The van der Waals surface area contributed by atoms with Gasteiger partial charge in [-0.2, -0.15) is 9.61 Å². The van der Waals surface area contributed by atoms with E-state index in [-0.39, 0.29) is 5.91 Å². The molecule has 2 aromatic rings. The van der Waals surface area contributed by atoms with Gasteiger partial charge < -0.3 is 9.80 Å².